The number of amides is 1. The molecule has 1 saturated carbocycles. The molecular weight excluding hydrogens is 342 g/mol. The molecule has 0 aliphatic heterocycles. The van der Waals surface area contributed by atoms with Crippen molar-refractivity contribution in [1.82, 2.24) is 10.2 Å². The average molecular weight is 382 g/mol. The van der Waals surface area contributed by atoms with Crippen LogP contribution in [0.5, 0.6) is 0 Å². The van der Waals surface area contributed by atoms with Crippen LogP contribution in [0.1, 0.15) is 71.6 Å². The van der Waals surface area contributed by atoms with Crippen molar-refractivity contribution in [2.45, 2.75) is 89.8 Å². The maximum Gasteiger partial charge on any atom is 0.243 e. The van der Waals surface area contributed by atoms with Crippen molar-refractivity contribution in [3.63, 3.8) is 0 Å². The molecule has 27 heavy (non-hydrogen) atoms. The summed E-state index contributed by atoms with van der Waals surface area (Å²) in [5.74, 6) is 0.252. The van der Waals surface area contributed by atoms with Crippen LogP contribution in [0.2, 0.25) is 0 Å². The third-order valence-corrected chi connectivity index (χ3v) is 5.47. The van der Waals surface area contributed by atoms with E-state index < -0.39 is 6.04 Å². The first kappa shape index (κ1) is 23.6. The second-order valence-electron chi connectivity index (χ2n) is 7.87. The molecule has 0 saturated heterocycles. The zero-order valence-electron chi connectivity index (χ0n) is 17.3. The summed E-state index contributed by atoms with van der Waals surface area (Å²) >= 11 is 0. The van der Waals surface area contributed by atoms with Gasteiger partial charge in [0.2, 0.25) is 5.91 Å². The second kappa shape index (κ2) is 12.8. The highest BCUT2D eigenvalue weighted by Crippen LogP contribution is 2.29. The Balaban J connectivity index is 2.83. The zero-order valence-corrected chi connectivity index (χ0v) is 17.3. The largest absolute Gasteiger partial charge is 0.370 e. The van der Waals surface area contributed by atoms with Gasteiger partial charge in [-0.3, -0.25) is 15.0 Å². The number of nitrogens with zero attached hydrogens (tertiary/aromatic N) is 2. The first-order valence-electron chi connectivity index (χ1n) is 10.4. The van der Waals surface area contributed by atoms with Crippen molar-refractivity contribution in [2.75, 3.05) is 13.6 Å². The highest BCUT2D eigenvalue weighted by molar-refractivity contribution is 5.98. The standard InChI is InChI=1S/C20H39N5O2/c1-4-13-25(3)17(14-26)11-12-18(16-9-7-5-6-8-10-16)23-20(22)24-19(27)15(2)21/h14-18H,4-13,21H2,1-3H3,(H3,22,23,24,27)/t15-,17-,18?/m0/s1. The van der Waals surface area contributed by atoms with Gasteiger partial charge in [0.05, 0.1) is 18.1 Å². The topological polar surface area (TPSA) is 114 Å². The first-order valence-corrected chi connectivity index (χ1v) is 10.4. The molecule has 1 fully saturated rings. The Morgan fingerprint density at radius 1 is 1.26 bits per heavy atom. The molecule has 7 heteroatoms. The highest BCUT2D eigenvalue weighted by atomic mass is 16.2. The van der Waals surface area contributed by atoms with E-state index in [2.05, 4.69) is 22.1 Å². The van der Waals surface area contributed by atoms with Crippen molar-refractivity contribution in [2.24, 2.45) is 22.4 Å². The quantitative estimate of drug-likeness (QED) is 0.231. The molecule has 1 unspecified atom stereocenters. The van der Waals surface area contributed by atoms with E-state index in [1.807, 2.05) is 7.05 Å². The number of guanidine groups is 1. The molecule has 1 aliphatic rings. The number of rotatable bonds is 10. The van der Waals surface area contributed by atoms with Crippen LogP contribution in [0.25, 0.3) is 0 Å². The van der Waals surface area contributed by atoms with Gasteiger partial charge in [-0.25, -0.2) is 4.99 Å². The molecule has 7 nitrogen and oxygen atoms in total. The number of nitrogens with one attached hydrogen (secondary N) is 1. The highest BCUT2D eigenvalue weighted by Gasteiger charge is 2.25. The predicted molar refractivity (Wildman–Crippen MR) is 110 cm³/mol. The molecule has 0 aromatic rings. The van der Waals surface area contributed by atoms with Gasteiger partial charge >= 0.3 is 0 Å². The summed E-state index contributed by atoms with van der Waals surface area (Å²) in [4.78, 5) is 30.1. The van der Waals surface area contributed by atoms with E-state index in [-0.39, 0.29) is 24.0 Å². The molecule has 0 aromatic heterocycles. The minimum absolute atomic E-state index is 0.0222. The van der Waals surface area contributed by atoms with E-state index in [4.69, 9.17) is 11.5 Å². The smallest absolute Gasteiger partial charge is 0.243 e. The van der Waals surface area contributed by atoms with Gasteiger partial charge in [0.15, 0.2) is 5.96 Å². The number of likely N-dealkylation sites (N-methyl/N-ethyl adjacent to an activating group) is 1. The Morgan fingerprint density at radius 3 is 2.41 bits per heavy atom. The van der Waals surface area contributed by atoms with E-state index in [0.717, 1.165) is 44.9 Å². The lowest BCUT2D eigenvalue weighted by Gasteiger charge is -2.27. The van der Waals surface area contributed by atoms with Gasteiger partial charge in [-0.2, -0.15) is 0 Å². The molecule has 0 heterocycles. The van der Waals surface area contributed by atoms with Gasteiger partial charge in [0.1, 0.15) is 6.29 Å². The summed E-state index contributed by atoms with van der Waals surface area (Å²) in [6, 6.07) is -0.709. The normalized spacial score (nSPS) is 20.0. The molecule has 0 bridgehead atoms. The van der Waals surface area contributed by atoms with Crippen molar-refractivity contribution >= 4 is 18.2 Å². The van der Waals surface area contributed by atoms with Crippen LogP contribution < -0.4 is 16.8 Å². The van der Waals surface area contributed by atoms with Gasteiger partial charge < -0.3 is 16.3 Å². The molecule has 0 aromatic carbocycles. The van der Waals surface area contributed by atoms with Gasteiger partial charge in [-0.05, 0) is 58.5 Å². The summed E-state index contributed by atoms with van der Waals surface area (Å²) in [5.41, 5.74) is 11.6. The zero-order chi connectivity index (χ0) is 20.2. The predicted octanol–water partition coefficient (Wildman–Crippen LogP) is 1.79. The van der Waals surface area contributed by atoms with Crippen LogP contribution in [0.3, 0.4) is 0 Å². The number of nitrogens with two attached hydrogens (primary N) is 2. The number of hydrogen-bond donors (Lipinski definition) is 3. The van der Waals surface area contributed by atoms with Crippen molar-refractivity contribution < 1.29 is 9.59 Å². The number of carbonyl (C=O) groups excluding carboxylic acids is 2. The lowest BCUT2D eigenvalue weighted by molar-refractivity contribution is -0.120. The van der Waals surface area contributed by atoms with E-state index in [1.165, 1.54) is 25.7 Å². The van der Waals surface area contributed by atoms with E-state index in [0.29, 0.717) is 5.92 Å². The summed E-state index contributed by atoms with van der Waals surface area (Å²) in [6.45, 7) is 4.62. The minimum Gasteiger partial charge on any atom is -0.370 e. The fraction of sp³-hybridized carbons (Fsp3) is 0.850. The third-order valence-electron chi connectivity index (χ3n) is 5.47. The first-order chi connectivity index (χ1) is 12.9. The van der Waals surface area contributed by atoms with Gasteiger partial charge in [-0.15, -0.1) is 0 Å². The molecule has 1 amide bonds. The SMILES string of the molecule is CCCN(C)[C@H](C=O)CCC(N=C(N)NC(=O)[C@H](C)N)C1CCCCCC1. The Bertz CT molecular complexity index is 473. The molecule has 1 aliphatic carbocycles. The van der Waals surface area contributed by atoms with E-state index in [9.17, 15) is 9.59 Å². The Morgan fingerprint density at radius 2 is 1.89 bits per heavy atom. The van der Waals surface area contributed by atoms with Crippen LogP contribution in [-0.4, -0.2) is 54.8 Å². The Labute approximate surface area is 164 Å². The second-order valence-corrected chi connectivity index (χ2v) is 7.87. The molecule has 156 valence electrons. The van der Waals surface area contributed by atoms with Crippen LogP contribution in [0.4, 0.5) is 0 Å². The Kier molecular flexibility index (Phi) is 11.2. The van der Waals surface area contributed by atoms with Gasteiger partial charge in [0, 0.05) is 0 Å². The third kappa shape index (κ3) is 8.84. The maximum atomic E-state index is 11.8. The Hall–Kier alpha value is -1.47. The number of aldehydes is 1. The van der Waals surface area contributed by atoms with Crippen molar-refractivity contribution in [1.29, 1.82) is 0 Å². The van der Waals surface area contributed by atoms with Crippen LogP contribution in [0.15, 0.2) is 4.99 Å². The molecule has 0 spiro atoms. The number of aliphatic imine (C=N–C) groups is 1. The van der Waals surface area contributed by atoms with E-state index in [1.54, 1.807) is 6.92 Å². The summed E-state index contributed by atoms with van der Waals surface area (Å²) in [5, 5.41) is 2.59. The number of carbonyl (C=O) groups is 2. The average Bonchev–Trinajstić information content (AvgIpc) is 2.90. The molecule has 0 radical (unpaired) electrons. The summed E-state index contributed by atoms with van der Waals surface area (Å²) in [7, 11) is 1.99. The fourth-order valence-corrected chi connectivity index (χ4v) is 3.80. The maximum absolute atomic E-state index is 11.8. The molecular formula is C20H39N5O2. The minimum atomic E-state index is -0.628. The summed E-state index contributed by atoms with van der Waals surface area (Å²) < 4.78 is 0. The summed E-state index contributed by atoms with van der Waals surface area (Å²) in [6.07, 6.45) is 10.8. The monoisotopic (exact) mass is 381 g/mol. The lowest BCUT2D eigenvalue weighted by Crippen LogP contribution is -2.45. The van der Waals surface area contributed by atoms with Crippen LogP contribution >= 0.6 is 0 Å². The van der Waals surface area contributed by atoms with Crippen molar-refractivity contribution in [3.8, 4) is 0 Å². The molecule has 3 atom stereocenters. The van der Waals surface area contributed by atoms with Crippen LogP contribution in [0, 0.1) is 5.92 Å². The van der Waals surface area contributed by atoms with E-state index >= 15 is 0 Å². The van der Waals surface area contributed by atoms with Gasteiger partial charge in [0.25, 0.3) is 0 Å². The van der Waals surface area contributed by atoms with Gasteiger partial charge in [-0.1, -0.05) is 32.6 Å². The fourth-order valence-electron chi connectivity index (χ4n) is 3.80. The molecule has 1 rings (SSSR count). The lowest BCUT2D eigenvalue weighted by atomic mass is 9.88. The van der Waals surface area contributed by atoms with Crippen LogP contribution in [-0.2, 0) is 9.59 Å². The number of hydrogen-bond acceptors (Lipinski definition) is 5. The van der Waals surface area contributed by atoms with Crippen molar-refractivity contribution in [3.05, 3.63) is 0 Å². The molecule has 5 N–H and O–H groups in total.